The number of nitrogens with one attached hydrogen (secondary N) is 1. The maximum Gasteiger partial charge on any atom is 0.317 e. The number of ether oxygens (including phenoxy) is 1. The number of benzene rings is 1. The zero-order valence-electron chi connectivity index (χ0n) is 17.2. The van der Waals surface area contributed by atoms with Crippen LogP contribution in [0.5, 0.6) is 5.75 Å². The van der Waals surface area contributed by atoms with Crippen molar-refractivity contribution in [2.45, 2.75) is 39.3 Å². The Morgan fingerprint density at radius 3 is 2.68 bits per heavy atom. The number of urea groups is 1. The summed E-state index contributed by atoms with van der Waals surface area (Å²) in [6, 6.07) is 8.03. The first kappa shape index (κ1) is 20.2. The minimum Gasteiger partial charge on any atom is -0.496 e. The Kier molecular flexibility index (Phi) is 6.57. The monoisotopic (exact) mass is 386 g/mol. The molecule has 3 rings (SSSR count). The second-order valence-corrected chi connectivity index (χ2v) is 7.35. The highest BCUT2D eigenvalue weighted by atomic mass is 16.5. The first-order valence-corrected chi connectivity index (χ1v) is 9.79. The van der Waals surface area contributed by atoms with E-state index in [4.69, 9.17) is 9.26 Å². The molecule has 0 spiro atoms. The molecule has 2 amide bonds. The molecular weight excluding hydrogens is 356 g/mol. The molecule has 1 N–H and O–H groups in total. The van der Waals surface area contributed by atoms with Crippen molar-refractivity contribution in [3.05, 3.63) is 46.8 Å². The molecule has 152 valence electrons. The van der Waals surface area contributed by atoms with Crippen LogP contribution in [0.15, 0.2) is 28.8 Å². The van der Waals surface area contributed by atoms with Gasteiger partial charge in [0.25, 0.3) is 0 Å². The zero-order valence-corrected chi connectivity index (χ0v) is 17.2. The third-order valence-electron chi connectivity index (χ3n) is 5.45. The van der Waals surface area contributed by atoms with E-state index in [1.54, 1.807) is 19.1 Å². The van der Waals surface area contributed by atoms with Crippen LogP contribution in [-0.2, 0) is 6.54 Å². The van der Waals surface area contributed by atoms with Gasteiger partial charge < -0.3 is 19.5 Å². The van der Waals surface area contributed by atoms with Crippen molar-refractivity contribution < 1.29 is 14.1 Å². The summed E-state index contributed by atoms with van der Waals surface area (Å²) in [5.74, 6) is 1.61. The molecule has 1 saturated heterocycles. The third kappa shape index (κ3) is 4.47. The van der Waals surface area contributed by atoms with E-state index in [0.29, 0.717) is 13.1 Å². The number of amides is 2. The zero-order chi connectivity index (χ0) is 20.1. The van der Waals surface area contributed by atoms with Crippen LogP contribution in [0.2, 0.25) is 0 Å². The van der Waals surface area contributed by atoms with Crippen molar-refractivity contribution in [3.63, 3.8) is 0 Å². The van der Waals surface area contributed by atoms with E-state index < -0.39 is 0 Å². The highest BCUT2D eigenvalue weighted by Crippen LogP contribution is 2.31. The number of para-hydroxylation sites is 1. The summed E-state index contributed by atoms with van der Waals surface area (Å²) in [4.78, 5) is 16.8. The normalized spacial score (nSPS) is 15.4. The molecule has 7 heteroatoms. The van der Waals surface area contributed by atoms with Gasteiger partial charge in [-0.15, -0.1) is 0 Å². The van der Waals surface area contributed by atoms with E-state index in [-0.39, 0.29) is 12.1 Å². The van der Waals surface area contributed by atoms with E-state index in [1.165, 1.54) is 12.8 Å². The summed E-state index contributed by atoms with van der Waals surface area (Å²) in [6.45, 7) is 6.83. The number of aryl methyl sites for hydroxylation is 2. The molecule has 1 aliphatic heterocycles. The Hall–Kier alpha value is -2.54. The Bertz CT molecular complexity index is 779. The summed E-state index contributed by atoms with van der Waals surface area (Å²) >= 11 is 0. The van der Waals surface area contributed by atoms with Gasteiger partial charge in [-0.2, -0.15) is 0 Å². The topological polar surface area (TPSA) is 70.8 Å². The number of hydrogen-bond acceptors (Lipinski definition) is 5. The Morgan fingerprint density at radius 1 is 1.32 bits per heavy atom. The van der Waals surface area contributed by atoms with Crippen LogP contribution >= 0.6 is 0 Å². The summed E-state index contributed by atoms with van der Waals surface area (Å²) < 4.78 is 10.8. The molecule has 7 nitrogen and oxygen atoms in total. The molecule has 1 fully saturated rings. The number of hydrogen-bond donors (Lipinski definition) is 1. The maximum atomic E-state index is 12.7. The van der Waals surface area contributed by atoms with Crippen LogP contribution in [0, 0.1) is 13.8 Å². The summed E-state index contributed by atoms with van der Waals surface area (Å²) in [5, 5.41) is 7.06. The molecule has 2 aromatic rings. The number of carbonyl (C=O) groups excluding carboxylic acids is 1. The third-order valence-corrected chi connectivity index (χ3v) is 5.45. The van der Waals surface area contributed by atoms with Gasteiger partial charge in [0, 0.05) is 24.7 Å². The molecule has 1 aliphatic rings. The molecule has 0 aliphatic carbocycles. The van der Waals surface area contributed by atoms with Crippen LogP contribution in [0.25, 0.3) is 0 Å². The molecule has 0 saturated carbocycles. The predicted molar refractivity (Wildman–Crippen MR) is 107 cm³/mol. The molecule has 1 unspecified atom stereocenters. The van der Waals surface area contributed by atoms with Gasteiger partial charge in [0.2, 0.25) is 0 Å². The van der Waals surface area contributed by atoms with Gasteiger partial charge >= 0.3 is 6.03 Å². The van der Waals surface area contributed by atoms with Gasteiger partial charge in [-0.1, -0.05) is 23.4 Å². The largest absolute Gasteiger partial charge is 0.496 e. The molecule has 2 heterocycles. The van der Waals surface area contributed by atoms with Gasteiger partial charge in [-0.3, -0.25) is 4.90 Å². The van der Waals surface area contributed by atoms with Gasteiger partial charge in [0.1, 0.15) is 11.5 Å². The number of nitrogens with zero attached hydrogens (tertiary/aromatic N) is 3. The maximum absolute atomic E-state index is 12.7. The molecule has 28 heavy (non-hydrogen) atoms. The Balaban J connectivity index is 1.68. The van der Waals surface area contributed by atoms with Crippen molar-refractivity contribution in [2.75, 3.05) is 33.8 Å². The van der Waals surface area contributed by atoms with Crippen LogP contribution < -0.4 is 10.1 Å². The molecule has 0 radical (unpaired) electrons. The SMILES string of the molecule is COc1ccccc1C(CNC(=O)N(C)Cc1c(C)noc1C)N1CCCC1. The first-order valence-electron chi connectivity index (χ1n) is 9.79. The van der Waals surface area contributed by atoms with E-state index in [2.05, 4.69) is 21.4 Å². The summed E-state index contributed by atoms with van der Waals surface area (Å²) in [6.07, 6.45) is 2.37. The lowest BCUT2D eigenvalue weighted by atomic mass is 10.0. The van der Waals surface area contributed by atoms with Crippen molar-refractivity contribution in [3.8, 4) is 5.75 Å². The van der Waals surface area contributed by atoms with Gasteiger partial charge in [-0.25, -0.2) is 4.79 Å². The first-order chi connectivity index (χ1) is 13.5. The fourth-order valence-electron chi connectivity index (χ4n) is 3.79. The minimum atomic E-state index is -0.112. The number of carbonyl (C=O) groups is 1. The number of aromatic nitrogens is 1. The van der Waals surface area contributed by atoms with Gasteiger partial charge in [-0.05, 0) is 45.8 Å². The highest BCUT2D eigenvalue weighted by Gasteiger charge is 2.27. The minimum absolute atomic E-state index is 0.0927. The summed E-state index contributed by atoms with van der Waals surface area (Å²) in [7, 11) is 3.48. The van der Waals surface area contributed by atoms with Crippen molar-refractivity contribution >= 4 is 6.03 Å². The molecule has 1 atom stereocenters. The summed E-state index contributed by atoms with van der Waals surface area (Å²) in [5.41, 5.74) is 2.89. The van der Waals surface area contributed by atoms with Crippen molar-refractivity contribution in [2.24, 2.45) is 0 Å². The quantitative estimate of drug-likeness (QED) is 0.791. The van der Waals surface area contributed by atoms with Crippen molar-refractivity contribution in [1.82, 2.24) is 20.3 Å². The van der Waals surface area contributed by atoms with E-state index in [9.17, 15) is 4.79 Å². The van der Waals surface area contributed by atoms with E-state index in [0.717, 1.165) is 41.4 Å². The predicted octanol–water partition coefficient (Wildman–Crippen LogP) is 3.28. The second kappa shape index (κ2) is 9.10. The lowest BCUT2D eigenvalue weighted by Crippen LogP contribution is -2.42. The van der Waals surface area contributed by atoms with E-state index >= 15 is 0 Å². The molecule has 1 aromatic carbocycles. The second-order valence-electron chi connectivity index (χ2n) is 7.35. The number of methoxy groups -OCH3 is 1. The molecule has 0 bridgehead atoms. The van der Waals surface area contributed by atoms with Gasteiger partial charge in [0.05, 0.1) is 25.4 Å². The Labute approximate surface area is 166 Å². The van der Waals surface area contributed by atoms with E-state index in [1.807, 2.05) is 32.0 Å². The molecular formula is C21H30N4O3. The van der Waals surface area contributed by atoms with Crippen LogP contribution in [0.1, 0.15) is 41.5 Å². The standard InChI is InChI=1S/C21H30N4O3/c1-15-18(16(2)28-23-15)14-24(3)21(26)22-13-19(25-11-7-8-12-25)17-9-5-6-10-20(17)27-4/h5-6,9-10,19H,7-8,11-14H2,1-4H3,(H,22,26). The average molecular weight is 386 g/mol. The fraction of sp³-hybridized carbons (Fsp3) is 0.524. The van der Waals surface area contributed by atoms with Gasteiger partial charge in [0.15, 0.2) is 0 Å². The average Bonchev–Trinajstić information content (AvgIpc) is 3.34. The fourth-order valence-corrected chi connectivity index (χ4v) is 3.79. The number of likely N-dealkylation sites (tertiary alicyclic amines) is 1. The van der Waals surface area contributed by atoms with Crippen LogP contribution in [-0.4, -0.2) is 54.8 Å². The lowest BCUT2D eigenvalue weighted by molar-refractivity contribution is 0.194. The van der Waals surface area contributed by atoms with Crippen LogP contribution in [0.4, 0.5) is 4.79 Å². The lowest BCUT2D eigenvalue weighted by Gasteiger charge is -2.30. The van der Waals surface area contributed by atoms with Crippen molar-refractivity contribution in [1.29, 1.82) is 0 Å². The molecule has 1 aromatic heterocycles. The number of rotatable bonds is 7. The highest BCUT2D eigenvalue weighted by molar-refractivity contribution is 5.74. The smallest absolute Gasteiger partial charge is 0.317 e. The van der Waals surface area contributed by atoms with Crippen LogP contribution in [0.3, 0.4) is 0 Å². The Morgan fingerprint density at radius 2 is 2.04 bits per heavy atom.